The molecule has 25 heavy (non-hydrogen) atoms. The summed E-state index contributed by atoms with van der Waals surface area (Å²) >= 11 is 0. The summed E-state index contributed by atoms with van der Waals surface area (Å²) in [6.07, 6.45) is 3.33. The molecule has 2 saturated heterocycles. The van der Waals surface area contributed by atoms with Gasteiger partial charge in [0, 0.05) is 43.9 Å². The van der Waals surface area contributed by atoms with Gasteiger partial charge in [0.1, 0.15) is 0 Å². The third-order valence-corrected chi connectivity index (χ3v) is 6.18. The molecule has 6 heteroatoms. The fourth-order valence-corrected chi connectivity index (χ4v) is 4.43. The topological polar surface area (TPSA) is 44.8 Å². The largest absolute Gasteiger partial charge is 0.494 e. The summed E-state index contributed by atoms with van der Waals surface area (Å²) in [4.78, 5) is 17.0. The Bertz CT molecular complexity index is 652. The first-order valence-electron chi connectivity index (χ1n) is 9.21. The molecular formula is C19H26FN3O2. The highest BCUT2D eigenvalue weighted by Gasteiger charge is 2.58. The van der Waals surface area contributed by atoms with Gasteiger partial charge in [-0.25, -0.2) is 4.39 Å². The number of piperidine rings is 1. The summed E-state index contributed by atoms with van der Waals surface area (Å²) in [5, 5.41) is 3.38. The highest BCUT2D eigenvalue weighted by Crippen LogP contribution is 2.59. The van der Waals surface area contributed by atoms with Gasteiger partial charge in [-0.15, -0.1) is 0 Å². The van der Waals surface area contributed by atoms with Crippen LogP contribution in [0.5, 0.6) is 5.75 Å². The van der Waals surface area contributed by atoms with Gasteiger partial charge in [0.2, 0.25) is 5.91 Å². The Balaban J connectivity index is 1.34. The Morgan fingerprint density at radius 3 is 2.60 bits per heavy atom. The van der Waals surface area contributed by atoms with Gasteiger partial charge in [0.05, 0.1) is 7.11 Å². The van der Waals surface area contributed by atoms with Crippen molar-refractivity contribution in [2.24, 2.45) is 11.3 Å². The lowest BCUT2D eigenvalue weighted by Gasteiger charge is -2.37. The smallest absolute Gasteiger partial charge is 0.226 e. The van der Waals surface area contributed by atoms with Gasteiger partial charge in [-0.05, 0) is 49.9 Å². The van der Waals surface area contributed by atoms with Gasteiger partial charge in [0.25, 0.3) is 0 Å². The number of carbonyl (C=O) groups excluding carboxylic acids is 1. The van der Waals surface area contributed by atoms with Crippen LogP contribution in [0, 0.1) is 17.2 Å². The first kappa shape index (κ1) is 16.6. The van der Waals surface area contributed by atoms with Gasteiger partial charge in [-0.1, -0.05) is 0 Å². The van der Waals surface area contributed by atoms with Crippen LogP contribution >= 0.6 is 0 Å². The number of nitrogens with zero attached hydrogens (tertiary/aromatic N) is 2. The Morgan fingerprint density at radius 2 is 1.96 bits per heavy atom. The predicted octanol–water partition coefficient (Wildman–Crippen LogP) is 1.87. The molecule has 1 saturated carbocycles. The van der Waals surface area contributed by atoms with E-state index in [1.54, 1.807) is 6.07 Å². The second-order valence-corrected chi connectivity index (χ2v) is 7.50. The molecule has 2 aliphatic heterocycles. The first-order chi connectivity index (χ1) is 12.1. The third-order valence-electron chi connectivity index (χ3n) is 6.18. The van der Waals surface area contributed by atoms with E-state index < -0.39 is 0 Å². The number of piperazine rings is 1. The Morgan fingerprint density at radius 1 is 1.24 bits per heavy atom. The van der Waals surface area contributed by atoms with Crippen LogP contribution < -0.4 is 15.0 Å². The lowest BCUT2D eigenvalue weighted by molar-refractivity contribution is -0.133. The molecule has 0 aromatic heterocycles. The molecule has 1 spiro atoms. The zero-order chi connectivity index (χ0) is 17.4. The summed E-state index contributed by atoms with van der Waals surface area (Å²) in [7, 11) is 1.47. The van der Waals surface area contributed by atoms with Crippen molar-refractivity contribution in [1.29, 1.82) is 0 Å². The number of halogens is 1. The Labute approximate surface area is 148 Å². The molecule has 3 aliphatic rings. The maximum atomic E-state index is 13.9. The van der Waals surface area contributed by atoms with E-state index in [9.17, 15) is 9.18 Å². The van der Waals surface area contributed by atoms with Crippen molar-refractivity contribution in [3.05, 3.63) is 24.0 Å². The fraction of sp³-hybridized carbons (Fsp3) is 0.632. The lowest BCUT2D eigenvalue weighted by atomic mass is 9.91. The number of nitrogens with one attached hydrogen (secondary N) is 1. The maximum absolute atomic E-state index is 13.9. The van der Waals surface area contributed by atoms with E-state index in [1.807, 2.05) is 11.0 Å². The van der Waals surface area contributed by atoms with Gasteiger partial charge in [-0.2, -0.15) is 0 Å². The quantitative estimate of drug-likeness (QED) is 0.907. The van der Waals surface area contributed by atoms with E-state index in [1.165, 1.54) is 13.2 Å². The predicted molar refractivity (Wildman–Crippen MR) is 94.4 cm³/mol. The summed E-state index contributed by atoms with van der Waals surface area (Å²) < 4.78 is 18.9. The zero-order valence-corrected chi connectivity index (χ0v) is 14.8. The van der Waals surface area contributed by atoms with Crippen LogP contribution in [0.2, 0.25) is 0 Å². The van der Waals surface area contributed by atoms with Crippen LogP contribution in [0.15, 0.2) is 18.2 Å². The minimum absolute atomic E-state index is 0.236. The van der Waals surface area contributed by atoms with Crippen LogP contribution in [0.1, 0.15) is 19.3 Å². The Kier molecular flexibility index (Phi) is 4.31. The van der Waals surface area contributed by atoms with Crippen LogP contribution in [0.4, 0.5) is 10.1 Å². The van der Waals surface area contributed by atoms with Crippen molar-refractivity contribution in [1.82, 2.24) is 10.2 Å². The van der Waals surface area contributed by atoms with Crippen LogP contribution in [-0.4, -0.2) is 57.2 Å². The number of amides is 1. The zero-order valence-electron chi connectivity index (χ0n) is 14.8. The van der Waals surface area contributed by atoms with Crippen molar-refractivity contribution < 1.29 is 13.9 Å². The third kappa shape index (κ3) is 3.08. The number of hydrogen-bond acceptors (Lipinski definition) is 4. The number of ether oxygens (including phenoxy) is 1. The van der Waals surface area contributed by atoms with Crippen LogP contribution in [0.25, 0.3) is 0 Å². The first-order valence-corrected chi connectivity index (χ1v) is 9.21. The molecule has 1 aromatic rings. The van der Waals surface area contributed by atoms with E-state index in [2.05, 4.69) is 10.2 Å². The average molecular weight is 347 g/mol. The van der Waals surface area contributed by atoms with Gasteiger partial charge in [-0.3, -0.25) is 4.79 Å². The number of hydrogen-bond donors (Lipinski definition) is 1. The molecule has 136 valence electrons. The molecule has 1 unspecified atom stereocenters. The number of carbonyl (C=O) groups is 1. The number of rotatable bonds is 3. The molecule has 0 bridgehead atoms. The normalized spacial score (nSPS) is 25.1. The van der Waals surface area contributed by atoms with Gasteiger partial charge >= 0.3 is 0 Å². The Hall–Kier alpha value is -1.82. The summed E-state index contributed by atoms with van der Waals surface area (Å²) in [5.41, 5.74) is 1.14. The molecule has 1 aromatic carbocycles. The van der Waals surface area contributed by atoms with Crippen molar-refractivity contribution in [3.63, 3.8) is 0 Å². The van der Waals surface area contributed by atoms with E-state index in [0.29, 0.717) is 11.3 Å². The molecule has 4 rings (SSSR count). The highest BCUT2D eigenvalue weighted by atomic mass is 19.1. The monoisotopic (exact) mass is 347 g/mol. The number of methoxy groups -OCH3 is 1. The molecule has 5 nitrogen and oxygen atoms in total. The second-order valence-electron chi connectivity index (χ2n) is 7.50. The lowest BCUT2D eigenvalue weighted by Crippen LogP contribution is -2.50. The minimum atomic E-state index is -0.343. The van der Waals surface area contributed by atoms with Crippen molar-refractivity contribution in [3.8, 4) is 5.75 Å². The summed E-state index contributed by atoms with van der Waals surface area (Å²) in [6, 6.07) is 5.05. The number of benzene rings is 1. The van der Waals surface area contributed by atoms with Crippen LogP contribution in [0.3, 0.4) is 0 Å². The molecule has 1 amide bonds. The molecule has 2 heterocycles. The standard InChI is InChI=1S/C19H26FN3O2/c1-25-17-3-2-14(12-16(17)20)22-8-10-23(11-9-22)18(24)15-13-19(15)4-6-21-7-5-19/h2-3,12,15,21H,4-11,13H2,1H3. The SMILES string of the molecule is COc1ccc(N2CCN(C(=O)C3CC34CCNCC4)CC2)cc1F. The summed E-state index contributed by atoms with van der Waals surface area (Å²) in [5.74, 6) is 0.491. The van der Waals surface area contributed by atoms with E-state index in [4.69, 9.17) is 4.74 Å². The van der Waals surface area contributed by atoms with E-state index in [0.717, 1.165) is 64.2 Å². The van der Waals surface area contributed by atoms with Gasteiger partial charge in [0.15, 0.2) is 11.6 Å². The second kappa shape index (κ2) is 6.48. The van der Waals surface area contributed by atoms with E-state index in [-0.39, 0.29) is 17.5 Å². The van der Waals surface area contributed by atoms with Crippen LogP contribution in [-0.2, 0) is 4.79 Å². The summed E-state index contributed by atoms with van der Waals surface area (Å²) in [6.45, 7) is 5.02. The average Bonchev–Trinajstić information content (AvgIpc) is 3.34. The van der Waals surface area contributed by atoms with E-state index >= 15 is 0 Å². The van der Waals surface area contributed by atoms with Crippen molar-refractivity contribution in [2.45, 2.75) is 19.3 Å². The minimum Gasteiger partial charge on any atom is -0.494 e. The highest BCUT2D eigenvalue weighted by molar-refractivity contribution is 5.83. The molecule has 1 N–H and O–H groups in total. The fourth-order valence-electron chi connectivity index (χ4n) is 4.43. The molecule has 1 aliphatic carbocycles. The van der Waals surface area contributed by atoms with Gasteiger partial charge < -0.3 is 19.9 Å². The van der Waals surface area contributed by atoms with Crippen molar-refractivity contribution in [2.75, 3.05) is 51.3 Å². The molecular weight excluding hydrogens is 321 g/mol. The maximum Gasteiger partial charge on any atom is 0.226 e. The molecule has 3 fully saturated rings. The molecule has 0 radical (unpaired) electrons. The molecule has 1 atom stereocenters. The number of anilines is 1. The van der Waals surface area contributed by atoms with Crippen molar-refractivity contribution >= 4 is 11.6 Å².